The van der Waals surface area contributed by atoms with Crippen LogP contribution in [0, 0.1) is 0 Å². The van der Waals surface area contributed by atoms with Crippen LogP contribution < -0.4 is 21.7 Å². The predicted molar refractivity (Wildman–Crippen MR) is 105 cm³/mol. The van der Waals surface area contributed by atoms with Gasteiger partial charge in [-0.05, 0) is 32.4 Å². The SMILES string of the molecule is CC(NCCC1CNCCN1C(C)OC(N)=O)NC(=O)OCc1ccccc1. The number of alkyl carbamates (subject to hydrolysis) is 1. The molecule has 0 spiro atoms. The van der Waals surface area contributed by atoms with Gasteiger partial charge in [0.15, 0.2) is 6.23 Å². The molecular weight excluding hydrogens is 362 g/mol. The number of amides is 2. The Kier molecular flexibility index (Phi) is 8.99. The largest absolute Gasteiger partial charge is 0.445 e. The van der Waals surface area contributed by atoms with E-state index in [2.05, 4.69) is 20.9 Å². The molecule has 0 radical (unpaired) electrons. The smallest absolute Gasteiger partial charge is 0.408 e. The summed E-state index contributed by atoms with van der Waals surface area (Å²) in [7, 11) is 0. The first kappa shape index (κ1) is 21.9. The molecule has 1 aromatic rings. The van der Waals surface area contributed by atoms with E-state index in [-0.39, 0.29) is 25.0 Å². The Labute approximate surface area is 165 Å². The Morgan fingerprint density at radius 3 is 2.79 bits per heavy atom. The van der Waals surface area contributed by atoms with E-state index in [1.807, 2.05) is 44.2 Å². The van der Waals surface area contributed by atoms with Gasteiger partial charge in [-0.3, -0.25) is 10.2 Å². The lowest BCUT2D eigenvalue weighted by Crippen LogP contribution is -2.56. The van der Waals surface area contributed by atoms with E-state index in [9.17, 15) is 9.59 Å². The third kappa shape index (κ3) is 7.71. The molecule has 2 amide bonds. The first-order valence-corrected chi connectivity index (χ1v) is 9.59. The van der Waals surface area contributed by atoms with Gasteiger partial charge in [-0.15, -0.1) is 0 Å². The lowest BCUT2D eigenvalue weighted by molar-refractivity contribution is -0.0327. The third-order valence-corrected chi connectivity index (χ3v) is 4.62. The maximum Gasteiger partial charge on any atom is 0.408 e. The summed E-state index contributed by atoms with van der Waals surface area (Å²) >= 11 is 0. The molecule has 1 aliphatic rings. The maximum absolute atomic E-state index is 11.9. The van der Waals surface area contributed by atoms with E-state index in [4.69, 9.17) is 15.2 Å². The number of rotatable bonds is 9. The van der Waals surface area contributed by atoms with Crippen LogP contribution in [0.5, 0.6) is 0 Å². The zero-order valence-electron chi connectivity index (χ0n) is 16.5. The predicted octanol–water partition coefficient (Wildman–Crippen LogP) is 0.954. The molecular formula is C19H31N5O4. The fraction of sp³-hybridized carbons (Fsp3) is 0.579. The number of benzene rings is 1. The number of carbonyl (C=O) groups excluding carboxylic acids is 2. The molecule has 1 saturated heterocycles. The Morgan fingerprint density at radius 2 is 2.07 bits per heavy atom. The van der Waals surface area contributed by atoms with E-state index in [1.54, 1.807) is 0 Å². The first-order chi connectivity index (χ1) is 13.5. The van der Waals surface area contributed by atoms with Gasteiger partial charge in [0.25, 0.3) is 0 Å². The maximum atomic E-state index is 11.9. The molecule has 0 bridgehead atoms. The summed E-state index contributed by atoms with van der Waals surface area (Å²) in [5.74, 6) is 0. The molecule has 3 atom stereocenters. The molecule has 0 saturated carbocycles. The number of nitrogens with one attached hydrogen (secondary N) is 3. The van der Waals surface area contributed by atoms with E-state index in [1.165, 1.54) is 0 Å². The van der Waals surface area contributed by atoms with Crippen molar-refractivity contribution in [2.75, 3.05) is 26.2 Å². The van der Waals surface area contributed by atoms with Crippen LogP contribution in [-0.4, -0.2) is 61.7 Å². The lowest BCUT2D eigenvalue weighted by Gasteiger charge is -2.39. The molecule has 156 valence electrons. The molecule has 0 aromatic heterocycles. The van der Waals surface area contributed by atoms with E-state index in [0.717, 1.165) is 31.6 Å². The second kappa shape index (κ2) is 11.5. The van der Waals surface area contributed by atoms with Crippen LogP contribution in [0.2, 0.25) is 0 Å². The third-order valence-electron chi connectivity index (χ3n) is 4.62. The van der Waals surface area contributed by atoms with E-state index < -0.39 is 12.2 Å². The Balaban J connectivity index is 1.67. The Bertz CT molecular complexity index is 616. The number of nitrogens with two attached hydrogens (primary N) is 1. The van der Waals surface area contributed by atoms with Gasteiger partial charge in [0.1, 0.15) is 6.61 Å². The molecule has 5 N–H and O–H groups in total. The van der Waals surface area contributed by atoms with Gasteiger partial charge < -0.3 is 25.8 Å². The molecule has 2 rings (SSSR count). The first-order valence-electron chi connectivity index (χ1n) is 9.59. The average Bonchev–Trinajstić information content (AvgIpc) is 2.67. The van der Waals surface area contributed by atoms with Crippen LogP contribution in [0.4, 0.5) is 9.59 Å². The number of hydrogen-bond donors (Lipinski definition) is 4. The molecule has 9 heteroatoms. The number of primary amides is 1. The zero-order valence-corrected chi connectivity index (χ0v) is 16.5. The minimum atomic E-state index is -0.769. The normalized spacial score (nSPS) is 19.4. The van der Waals surface area contributed by atoms with Crippen molar-refractivity contribution in [2.45, 2.75) is 45.3 Å². The summed E-state index contributed by atoms with van der Waals surface area (Å²) in [4.78, 5) is 25.0. The van der Waals surface area contributed by atoms with Crippen LogP contribution in [-0.2, 0) is 16.1 Å². The number of ether oxygens (including phenoxy) is 2. The number of hydrogen-bond acceptors (Lipinski definition) is 7. The van der Waals surface area contributed by atoms with Crippen molar-refractivity contribution in [3.8, 4) is 0 Å². The molecule has 9 nitrogen and oxygen atoms in total. The number of carbonyl (C=O) groups is 2. The Hall–Kier alpha value is -2.36. The van der Waals surface area contributed by atoms with E-state index in [0.29, 0.717) is 6.54 Å². The van der Waals surface area contributed by atoms with Crippen molar-refractivity contribution >= 4 is 12.2 Å². The highest BCUT2D eigenvalue weighted by Crippen LogP contribution is 2.12. The van der Waals surface area contributed by atoms with Crippen molar-refractivity contribution in [1.29, 1.82) is 0 Å². The highest BCUT2D eigenvalue weighted by Gasteiger charge is 2.27. The van der Waals surface area contributed by atoms with Crippen LogP contribution >= 0.6 is 0 Å². The van der Waals surface area contributed by atoms with Crippen LogP contribution in [0.25, 0.3) is 0 Å². The van der Waals surface area contributed by atoms with Crippen LogP contribution in [0.1, 0.15) is 25.8 Å². The van der Waals surface area contributed by atoms with Gasteiger partial charge in [-0.2, -0.15) is 0 Å². The van der Waals surface area contributed by atoms with Gasteiger partial charge in [-0.25, -0.2) is 9.59 Å². The van der Waals surface area contributed by atoms with Crippen molar-refractivity contribution < 1.29 is 19.1 Å². The van der Waals surface area contributed by atoms with Crippen molar-refractivity contribution in [2.24, 2.45) is 5.73 Å². The highest BCUT2D eigenvalue weighted by molar-refractivity contribution is 5.67. The topological polar surface area (TPSA) is 118 Å². The monoisotopic (exact) mass is 393 g/mol. The molecule has 1 aromatic carbocycles. The number of piperazine rings is 1. The molecule has 28 heavy (non-hydrogen) atoms. The van der Waals surface area contributed by atoms with Gasteiger partial charge >= 0.3 is 12.2 Å². The molecule has 1 heterocycles. The molecule has 3 unspecified atom stereocenters. The van der Waals surface area contributed by atoms with Gasteiger partial charge in [0, 0.05) is 25.7 Å². The van der Waals surface area contributed by atoms with Crippen molar-refractivity contribution in [1.82, 2.24) is 20.9 Å². The number of nitrogens with zero attached hydrogens (tertiary/aromatic N) is 1. The minimum absolute atomic E-state index is 0.202. The molecule has 1 aliphatic heterocycles. The second-order valence-electron chi connectivity index (χ2n) is 6.80. The van der Waals surface area contributed by atoms with Crippen molar-refractivity contribution in [3.63, 3.8) is 0 Å². The minimum Gasteiger partial charge on any atom is -0.445 e. The fourth-order valence-corrected chi connectivity index (χ4v) is 3.22. The Morgan fingerprint density at radius 1 is 1.32 bits per heavy atom. The fourth-order valence-electron chi connectivity index (χ4n) is 3.22. The molecule has 0 aliphatic carbocycles. The molecule has 1 fully saturated rings. The summed E-state index contributed by atoms with van der Waals surface area (Å²) in [5.41, 5.74) is 6.07. The van der Waals surface area contributed by atoms with Crippen LogP contribution in [0.3, 0.4) is 0 Å². The zero-order chi connectivity index (χ0) is 20.4. The standard InChI is InChI=1S/C19H31N5O4/c1-14(23-19(26)27-13-16-6-4-3-5-7-16)22-9-8-17-12-21-10-11-24(17)15(2)28-18(20)25/h3-7,14-15,17,21-22H,8-13H2,1-2H3,(H2,20,25)(H,23,26). The second-order valence-corrected chi connectivity index (χ2v) is 6.80. The van der Waals surface area contributed by atoms with Gasteiger partial charge in [0.2, 0.25) is 0 Å². The van der Waals surface area contributed by atoms with Crippen LogP contribution in [0.15, 0.2) is 30.3 Å². The summed E-state index contributed by atoms with van der Waals surface area (Å²) in [5, 5.41) is 9.37. The quantitative estimate of drug-likeness (QED) is 0.461. The van der Waals surface area contributed by atoms with E-state index >= 15 is 0 Å². The summed E-state index contributed by atoms with van der Waals surface area (Å²) in [6.45, 7) is 7.02. The highest BCUT2D eigenvalue weighted by atomic mass is 16.6. The summed E-state index contributed by atoms with van der Waals surface area (Å²) in [6.07, 6.45) is -1.01. The average molecular weight is 393 g/mol. The summed E-state index contributed by atoms with van der Waals surface area (Å²) < 4.78 is 10.3. The van der Waals surface area contributed by atoms with Gasteiger partial charge in [0.05, 0.1) is 6.17 Å². The lowest BCUT2D eigenvalue weighted by atomic mass is 10.1. The van der Waals surface area contributed by atoms with Crippen molar-refractivity contribution in [3.05, 3.63) is 35.9 Å². The summed E-state index contributed by atoms with van der Waals surface area (Å²) in [6, 6.07) is 9.73. The van der Waals surface area contributed by atoms with Gasteiger partial charge in [-0.1, -0.05) is 30.3 Å².